The second-order valence-electron chi connectivity index (χ2n) is 13.8. The molecule has 0 radical (unpaired) electrons. The fraction of sp³-hybridized carbons (Fsp3) is 0.137. The molecule has 0 aliphatic carbocycles. The molecule has 10 nitrogen and oxygen atoms in total. The lowest BCUT2D eigenvalue weighted by atomic mass is 9.91. The molecule has 61 heavy (non-hydrogen) atoms. The number of esters is 2. The van der Waals surface area contributed by atoms with Crippen LogP contribution in [-0.4, -0.2) is 31.3 Å². The normalized spacial score (nSPS) is 10.7. The van der Waals surface area contributed by atoms with Crippen molar-refractivity contribution < 1.29 is 47.9 Å². The van der Waals surface area contributed by atoms with E-state index in [2.05, 4.69) is 0 Å². The summed E-state index contributed by atoms with van der Waals surface area (Å²) >= 11 is 0. The number of ether oxygens (including phenoxy) is 7. The van der Waals surface area contributed by atoms with Crippen molar-refractivity contribution in [1.29, 1.82) is 0 Å². The van der Waals surface area contributed by atoms with Gasteiger partial charge in [0.15, 0.2) is 23.0 Å². The van der Waals surface area contributed by atoms with E-state index in [-0.39, 0.29) is 84.0 Å². The smallest absolute Gasteiger partial charge is 0.338 e. The van der Waals surface area contributed by atoms with E-state index >= 15 is 0 Å². The van der Waals surface area contributed by atoms with Crippen molar-refractivity contribution in [3.63, 3.8) is 0 Å². The molecule has 0 bridgehead atoms. The highest BCUT2D eigenvalue weighted by Crippen LogP contribution is 2.55. The van der Waals surface area contributed by atoms with Crippen LogP contribution >= 0.6 is 0 Å². The minimum atomic E-state index is -0.842. The van der Waals surface area contributed by atoms with Gasteiger partial charge >= 0.3 is 11.9 Å². The van der Waals surface area contributed by atoms with Crippen LogP contribution in [0.15, 0.2) is 164 Å². The largest absolute Gasteiger partial charge is 0.504 e. The predicted octanol–water partition coefficient (Wildman–Crippen LogP) is 10.5. The Morgan fingerprint density at radius 1 is 0.393 bits per heavy atom. The number of phenols is 1. The zero-order chi connectivity index (χ0) is 42.4. The Labute approximate surface area is 354 Å². The third kappa shape index (κ3) is 10.3. The summed E-state index contributed by atoms with van der Waals surface area (Å²) < 4.78 is 43.7. The maximum atomic E-state index is 14.2. The van der Waals surface area contributed by atoms with Crippen LogP contribution in [0.1, 0.15) is 48.5 Å². The zero-order valence-corrected chi connectivity index (χ0v) is 33.7. The molecule has 308 valence electrons. The molecule has 0 spiro atoms. The molecule has 0 aliphatic heterocycles. The van der Waals surface area contributed by atoms with E-state index in [0.717, 1.165) is 27.8 Å². The molecule has 7 aromatic carbocycles. The third-order valence-electron chi connectivity index (χ3n) is 9.62. The Balaban J connectivity index is 1.53. The van der Waals surface area contributed by atoms with Gasteiger partial charge in [-0.05, 0) is 39.9 Å². The summed E-state index contributed by atoms with van der Waals surface area (Å²) in [7, 11) is 2.47. The highest BCUT2D eigenvalue weighted by molar-refractivity contribution is 6.08. The van der Waals surface area contributed by atoms with E-state index < -0.39 is 17.7 Å². The van der Waals surface area contributed by atoms with E-state index in [1.54, 1.807) is 0 Å². The van der Waals surface area contributed by atoms with Crippen molar-refractivity contribution >= 4 is 11.9 Å². The number of methoxy groups -OCH3 is 2. The number of carbonyl (C=O) groups excluding carboxylic acids is 2. The number of phenolic OH excluding ortho intramolecular Hbond substituents is 1. The molecule has 0 unspecified atom stereocenters. The molecule has 0 amide bonds. The van der Waals surface area contributed by atoms with Gasteiger partial charge in [-0.2, -0.15) is 0 Å². The van der Waals surface area contributed by atoms with E-state index in [0.29, 0.717) is 0 Å². The third-order valence-corrected chi connectivity index (χ3v) is 9.62. The van der Waals surface area contributed by atoms with Gasteiger partial charge in [0.05, 0.1) is 25.3 Å². The summed E-state index contributed by atoms with van der Waals surface area (Å²) in [6.45, 7) is 0.177. The van der Waals surface area contributed by atoms with Gasteiger partial charge in [-0.25, -0.2) is 9.59 Å². The first kappa shape index (κ1) is 41.4. The molecule has 0 fully saturated rings. The minimum absolute atomic E-state index is 0.00149. The molecular formula is C51H44O10. The molecule has 0 saturated heterocycles. The molecule has 0 saturated carbocycles. The Hall–Kier alpha value is -7.72. The van der Waals surface area contributed by atoms with Crippen LogP contribution in [0.2, 0.25) is 0 Å². The van der Waals surface area contributed by atoms with Crippen LogP contribution in [0.25, 0.3) is 11.1 Å². The molecule has 10 heteroatoms. The second kappa shape index (κ2) is 20.3. The number of benzene rings is 7. The molecule has 7 rings (SSSR count). The number of hydrogen-bond donors (Lipinski definition) is 1. The van der Waals surface area contributed by atoms with Gasteiger partial charge in [0.25, 0.3) is 0 Å². The number of hydrogen-bond acceptors (Lipinski definition) is 10. The van der Waals surface area contributed by atoms with Crippen LogP contribution in [0.5, 0.6) is 34.5 Å². The molecular weight excluding hydrogens is 773 g/mol. The summed E-state index contributed by atoms with van der Waals surface area (Å²) in [5, 5.41) is 11.7. The highest BCUT2D eigenvalue weighted by Gasteiger charge is 2.35. The van der Waals surface area contributed by atoms with Crippen LogP contribution in [0.4, 0.5) is 0 Å². The number of carbonyl (C=O) groups is 2. The summed E-state index contributed by atoms with van der Waals surface area (Å²) in [4.78, 5) is 28.2. The molecule has 0 aliphatic rings. The van der Waals surface area contributed by atoms with E-state index in [9.17, 15) is 14.7 Å². The quantitative estimate of drug-likeness (QED) is 0.0839. The first-order chi connectivity index (χ1) is 29.9. The average molecular weight is 817 g/mol. The number of aromatic hydroxyl groups is 1. The molecule has 7 aromatic rings. The van der Waals surface area contributed by atoms with Gasteiger partial charge in [0.2, 0.25) is 11.5 Å². The predicted molar refractivity (Wildman–Crippen MR) is 230 cm³/mol. The number of rotatable bonds is 18. The standard InChI is InChI=1S/C51H44O10/c1-55-50(53)40-28-42(52)46(58-31-36-20-10-4-11-21-36)48(60-33-38-24-14-6-15-25-38)44(40)45-41(51(54)56-2)29-43(57-30-35-18-8-3-9-19-35)47(59-32-37-22-12-5-13-23-37)49(45)61-34-39-26-16-7-17-27-39/h3-29,52H,30-34H2,1-2H3. The summed E-state index contributed by atoms with van der Waals surface area (Å²) in [6, 6.07) is 50.0. The highest BCUT2D eigenvalue weighted by atomic mass is 16.6. The van der Waals surface area contributed by atoms with Crippen molar-refractivity contribution in [3.8, 4) is 45.6 Å². The first-order valence-corrected chi connectivity index (χ1v) is 19.5. The lowest BCUT2D eigenvalue weighted by molar-refractivity contribution is 0.0588. The summed E-state index contributed by atoms with van der Waals surface area (Å²) in [6.07, 6.45) is 0. The summed E-state index contributed by atoms with van der Waals surface area (Å²) in [5.74, 6) is -1.88. The van der Waals surface area contributed by atoms with Crippen molar-refractivity contribution in [3.05, 3.63) is 203 Å². The minimum Gasteiger partial charge on any atom is -0.504 e. The Kier molecular flexibility index (Phi) is 13.8. The van der Waals surface area contributed by atoms with Crippen molar-refractivity contribution in [2.45, 2.75) is 33.0 Å². The summed E-state index contributed by atoms with van der Waals surface area (Å²) in [5.41, 5.74) is 3.92. The van der Waals surface area contributed by atoms with E-state index in [1.807, 2.05) is 152 Å². The van der Waals surface area contributed by atoms with Crippen LogP contribution in [-0.2, 0) is 42.5 Å². The van der Waals surface area contributed by atoms with E-state index in [4.69, 9.17) is 33.2 Å². The van der Waals surface area contributed by atoms with Gasteiger partial charge in [-0.1, -0.05) is 152 Å². The Morgan fingerprint density at radius 3 is 1.05 bits per heavy atom. The maximum Gasteiger partial charge on any atom is 0.338 e. The van der Waals surface area contributed by atoms with Crippen molar-refractivity contribution in [1.82, 2.24) is 0 Å². The van der Waals surface area contributed by atoms with Crippen molar-refractivity contribution in [2.75, 3.05) is 14.2 Å². The Bertz CT molecular complexity index is 2530. The first-order valence-electron chi connectivity index (χ1n) is 19.5. The van der Waals surface area contributed by atoms with Gasteiger partial charge in [-0.15, -0.1) is 0 Å². The fourth-order valence-electron chi connectivity index (χ4n) is 6.59. The average Bonchev–Trinajstić information content (AvgIpc) is 3.32. The second-order valence-corrected chi connectivity index (χ2v) is 13.8. The van der Waals surface area contributed by atoms with Gasteiger partial charge in [-0.3, -0.25) is 0 Å². The maximum absolute atomic E-state index is 14.2. The van der Waals surface area contributed by atoms with Crippen LogP contribution in [0.3, 0.4) is 0 Å². The topological polar surface area (TPSA) is 119 Å². The fourth-order valence-corrected chi connectivity index (χ4v) is 6.59. The molecule has 0 atom stereocenters. The van der Waals surface area contributed by atoms with E-state index in [1.165, 1.54) is 26.4 Å². The Morgan fingerprint density at radius 2 is 0.689 bits per heavy atom. The van der Waals surface area contributed by atoms with Crippen LogP contribution in [0, 0.1) is 0 Å². The lowest BCUT2D eigenvalue weighted by Crippen LogP contribution is -2.14. The molecule has 0 aromatic heterocycles. The zero-order valence-electron chi connectivity index (χ0n) is 33.7. The van der Waals surface area contributed by atoms with Gasteiger partial charge in [0, 0.05) is 11.1 Å². The molecule has 0 heterocycles. The SMILES string of the molecule is COC(=O)c1cc(O)c(OCc2ccccc2)c(OCc2ccccc2)c1-c1c(C(=O)OC)cc(OCc2ccccc2)c(OCc2ccccc2)c1OCc1ccccc1. The molecule has 1 N–H and O–H groups in total. The lowest BCUT2D eigenvalue weighted by Gasteiger charge is -2.26. The van der Waals surface area contributed by atoms with Crippen molar-refractivity contribution in [2.24, 2.45) is 0 Å². The monoisotopic (exact) mass is 816 g/mol. The van der Waals surface area contributed by atoms with Crippen LogP contribution < -0.4 is 23.7 Å². The van der Waals surface area contributed by atoms with Gasteiger partial charge < -0.3 is 38.3 Å². The van der Waals surface area contributed by atoms with Gasteiger partial charge in [0.1, 0.15) is 33.0 Å².